The van der Waals surface area contributed by atoms with E-state index in [4.69, 9.17) is 9.47 Å². The van der Waals surface area contributed by atoms with E-state index in [9.17, 15) is 0 Å². The van der Waals surface area contributed by atoms with Gasteiger partial charge in [0.05, 0.1) is 13.7 Å². The molecular weight excluding hydrogens is 218 g/mol. The van der Waals surface area contributed by atoms with E-state index in [1.165, 1.54) is 0 Å². The lowest BCUT2D eigenvalue weighted by Crippen LogP contribution is -2.28. The first kappa shape index (κ1) is 13.7. The minimum absolute atomic E-state index is 0.628. The molecule has 0 spiro atoms. The lowest BCUT2D eigenvalue weighted by molar-refractivity contribution is 0.163. The number of anilines is 1. The zero-order chi connectivity index (χ0) is 12.5. The number of methoxy groups -OCH3 is 2. The fourth-order valence-corrected chi connectivity index (χ4v) is 1.38. The largest absolute Gasteiger partial charge is 0.481 e. The summed E-state index contributed by atoms with van der Waals surface area (Å²) in [6.07, 6.45) is 1.73. The number of aromatic nitrogens is 1. The predicted molar refractivity (Wildman–Crippen MR) is 68.7 cm³/mol. The summed E-state index contributed by atoms with van der Waals surface area (Å²) in [5, 5.41) is 3.32. The molecule has 17 heavy (non-hydrogen) atoms. The molecule has 1 heterocycles. The Morgan fingerprint density at radius 3 is 2.88 bits per heavy atom. The van der Waals surface area contributed by atoms with Crippen LogP contribution >= 0.6 is 0 Å². The van der Waals surface area contributed by atoms with Gasteiger partial charge in [0.1, 0.15) is 0 Å². The molecule has 5 heteroatoms. The number of nitrogens with one attached hydrogen (secondary N) is 1. The number of rotatable bonds is 8. The second-order valence-electron chi connectivity index (χ2n) is 3.81. The van der Waals surface area contributed by atoms with Crippen LogP contribution in [0.1, 0.15) is 0 Å². The van der Waals surface area contributed by atoms with Crippen LogP contribution in [0.25, 0.3) is 0 Å². The van der Waals surface area contributed by atoms with Gasteiger partial charge in [0.25, 0.3) is 0 Å². The number of hydrogen-bond donors (Lipinski definition) is 1. The van der Waals surface area contributed by atoms with Gasteiger partial charge >= 0.3 is 0 Å². The molecule has 5 nitrogen and oxygen atoms in total. The van der Waals surface area contributed by atoms with E-state index in [0.717, 1.165) is 31.9 Å². The highest BCUT2D eigenvalue weighted by molar-refractivity contribution is 5.44. The zero-order valence-corrected chi connectivity index (χ0v) is 10.8. The molecule has 0 saturated carbocycles. The summed E-state index contributed by atoms with van der Waals surface area (Å²) in [4.78, 5) is 6.27. The lowest BCUT2D eigenvalue weighted by Gasteiger charge is -2.16. The summed E-state index contributed by atoms with van der Waals surface area (Å²) in [6.45, 7) is 3.55. The van der Waals surface area contributed by atoms with Crippen LogP contribution in [0, 0.1) is 0 Å². The van der Waals surface area contributed by atoms with E-state index >= 15 is 0 Å². The molecule has 0 atom stereocenters. The highest BCUT2D eigenvalue weighted by Crippen LogP contribution is 2.12. The Bertz CT molecular complexity index is 320. The third kappa shape index (κ3) is 5.51. The fraction of sp³-hybridized carbons (Fsp3) is 0.583. The first-order valence-corrected chi connectivity index (χ1v) is 5.67. The molecule has 0 bridgehead atoms. The highest BCUT2D eigenvalue weighted by atomic mass is 16.5. The minimum atomic E-state index is 0.628. The normalized spacial score (nSPS) is 10.6. The van der Waals surface area contributed by atoms with Gasteiger partial charge in [-0.25, -0.2) is 4.98 Å². The van der Waals surface area contributed by atoms with Crippen molar-refractivity contribution in [3.8, 4) is 5.88 Å². The zero-order valence-electron chi connectivity index (χ0n) is 10.8. The van der Waals surface area contributed by atoms with Crippen LogP contribution in [0.3, 0.4) is 0 Å². The molecule has 1 aromatic rings. The second-order valence-corrected chi connectivity index (χ2v) is 3.81. The van der Waals surface area contributed by atoms with E-state index in [1.807, 2.05) is 12.1 Å². The molecule has 1 aromatic heterocycles. The summed E-state index contributed by atoms with van der Waals surface area (Å²) in [6, 6.07) is 3.81. The Morgan fingerprint density at radius 1 is 1.35 bits per heavy atom. The molecule has 0 amide bonds. The number of pyridine rings is 1. The van der Waals surface area contributed by atoms with E-state index < -0.39 is 0 Å². The van der Waals surface area contributed by atoms with Crippen molar-refractivity contribution >= 4 is 5.69 Å². The Balaban J connectivity index is 2.25. The van der Waals surface area contributed by atoms with Crippen LogP contribution in [0.5, 0.6) is 5.88 Å². The maximum absolute atomic E-state index is 5.06. The van der Waals surface area contributed by atoms with Crippen LogP contribution in [0.2, 0.25) is 0 Å². The van der Waals surface area contributed by atoms with Crippen molar-refractivity contribution in [1.29, 1.82) is 0 Å². The van der Waals surface area contributed by atoms with Gasteiger partial charge in [-0.15, -0.1) is 0 Å². The van der Waals surface area contributed by atoms with E-state index in [-0.39, 0.29) is 0 Å². The van der Waals surface area contributed by atoms with Crippen molar-refractivity contribution in [3.05, 3.63) is 18.3 Å². The van der Waals surface area contributed by atoms with Gasteiger partial charge in [0, 0.05) is 44.7 Å². The quantitative estimate of drug-likeness (QED) is 0.735. The SMILES string of the molecule is COCCN(C)CCNc1ccnc(OC)c1. The van der Waals surface area contributed by atoms with E-state index in [2.05, 4.69) is 22.2 Å². The van der Waals surface area contributed by atoms with Crippen molar-refractivity contribution in [1.82, 2.24) is 9.88 Å². The average molecular weight is 239 g/mol. The molecular formula is C12H21N3O2. The maximum Gasteiger partial charge on any atom is 0.214 e. The van der Waals surface area contributed by atoms with Crippen molar-refractivity contribution in [2.75, 3.05) is 52.8 Å². The average Bonchev–Trinajstić information content (AvgIpc) is 2.36. The first-order chi connectivity index (χ1) is 8.26. The summed E-state index contributed by atoms with van der Waals surface area (Å²) in [5.41, 5.74) is 1.02. The van der Waals surface area contributed by atoms with Gasteiger partial charge < -0.3 is 19.7 Å². The van der Waals surface area contributed by atoms with Crippen LogP contribution in [-0.2, 0) is 4.74 Å². The van der Waals surface area contributed by atoms with Crippen LogP contribution < -0.4 is 10.1 Å². The maximum atomic E-state index is 5.06. The molecule has 1 rings (SSSR count). The molecule has 1 N–H and O–H groups in total. The Hall–Kier alpha value is -1.33. The van der Waals surface area contributed by atoms with Crippen LogP contribution in [0.4, 0.5) is 5.69 Å². The highest BCUT2D eigenvalue weighted by Gasteiger charge is 1.99. The van der Waals surface area contributed by atoms with Crippen molar-refractivity contribution < 1.29 is 9.47 Å². The summed E-state index contributed by atoms with van der Waals surface area (Å²) < 4.78 is 10.1. The van der Waals surface area contributed by atoms with Gasteiger partial charge in [0.15, 0.2) is 0 Å². The standard InChI is InChI=1S/C12H21N3O2/c1-15(8-9-16-2)7-6-13-11-4-5-14-12(10-11)17-3/h4-5,10H,6-9H2,1-3H3,(H,13,14). The topological polar surface area (TPSA) is 46.6 Å². The second kappa shape index (κ2) is 7.86. The monoisotopic (exact) mass is 239 g/mol. The number of hydrogen-bond acceptors (Lipinski definition) is 5. The van der Waals surface area contributed by atoms with Gasteiger partial charge in [-0.3, -0.25) is 0 Å². The Morgan fingerprint density at radius 2 is 2.18 bits per heavy atom. The molecule has 0 aliphatic heterocycles. The van der Waals surface area contributed by atoms with Crippen LogP contribution in [-0.4, -0.2) is 57.4 Å². The Kier molecular flexibility index (Phi) is 6.35. The third-order valence-electron chi connectivity index (χ3n) is 2.44. The fourth-order valence-electron chi connectivity index (χ4n) is 1.38. The molecule has 0 aliphatic carbocycles. The summed E-state index contributed by atoms with van der Waals surface area (Å²) in [7, 11) is 5.41. The predicted octanol–water partition coefficient (Wildman–Crippen LogP) is 1.08. The summed E-state index contributed by atoms with van der Waals surface area (Å²) >= 11 is 0. The van der Waals surface area contributed by atoms with Gasteiger partial charge in [-0.05, 0) is 13.1 Å². The molecule has 0 aliphatic rings. The molecule has 96 valence electrons. The van der Waals surface area contributed by atoms with Crippen LogP contribution in [0.15, 0.2) is 18.3 Å². The summed E-state index contributed by atoms with van der Waals surface area (Å²) in [5.74, 6) is 0.628. The number of nitrogens with zero attached hydrogens (tertiary/aromatic N) is 2. The molecule has 0 saturated heterocycles. The van der Waals surface area contributed by atoms with E-state index in [0.29, 0.717) is 5.88 Å². The van der Waals surface area contributed by atoms with Gasteiger partial charge in [-0.2, -0.15) is 0 Å². The smallest absolute Gasteiger partial charge is 0.214 e. The molecule has 0 aromatic carbocycles. The van der Waals surface area contributed by atoms with E-state index in [1.54, 1.807) is 20.4 Å². The molecule has 0 unspecified atom stereocenters. The third-order valence-corrected chi connectivity index (χ3v) is 2.44. The minimum Gasteiger partial charge on any atom is -0.481 e. The van der Waals surface area contributed by atoms with Gasteiger partial charge in [-0.1, -0.05) is 0 Å². The Labute approximate surface area is 103 Å². The van der Waals surface area contributed by atoms with Crippen molar-refractivity contribution in [3.63, 3.8) is 0 Å². The number of ether oxygens (including phenoxy) is 2. The van der Waals surface area contributed by atoms with Crippen molar-refractivity contribution in [2.45, 2.75) is 0 Å². The van der Waals surface area contributed by atoms with Gasteiger partial charge in [0.2, 0.25) is 5.88 Å². The lowest BCUT2D eigenvalue weighted by atomic mass is 10.4. The number of likely N-dealkylation sites (N-methyl/N-ethyl adjacent to an activating group) is 1. The first-order valence-electron chi connectivity index (χ1n) is 5.67. The molecule has 0 radical (unpaired) electrons. The molecule has 0 fully saturated rings. The van der Waals surface area contributed by atoms with Crippen molar-refractivity contribution in [2.24, 2.45) is 0 Å².